The number of nitrogens with zero attached hydrogens (tertiary/aromatic N) is 1. The zero-order chi connectivity index (χ0) is 25.9. The van der Waals surface area contributed by atoms with E-state index in [1.807, 2.05) is 42.5 Å². The first-order chi connectivity index (χ1) is 17.9. The molecule has 2 N–H and O–H groups in total. The van der Waals surface area contributed by atoms with E-state index >= 15 is 0 Å². The lowest BCUT2D eigenvalue weighted by atomic mass is 9.90. The van der Waals surface area contributed by atoms with Crippen molar-refractivity contribution < 1.29 is 19.5 Å². The Morgan fingerprint density at radius 3 is 2.38 bits per heavy atom. The van der Waals surface area contributed by atoms with Gasteiger partial charge in [0, 0.05) is 28.7 Å². The van der Waals surface area contributed by atoms with Gasteiger partial charge in [-0.15, -0.1) is 11.3 Å². The van der Waals surface area contributed by atoms with Crippen LogP contribution < -0.4 is 5.32 Å². The molecule has 4 aromatic rings. The Morgan fingerprint density at radius 2 is 1.68 bits per heavy atom. The molecule has 1 aliphatic rings. The van der Waals surface area contributed by atoms with Crippen LogP contribution >= 0.6 is 22.9 Å². The molecular formula is C29H25ClN2O4S. The van der Waals surface area contributed by atoms with Crippen LogP contribution in [0.2, 0.25) is 5.02 Å². The number of rotatable bonds is 6. The quantitative estimate of drug-likeness (QED) is 0.293. The molecule has 1 aliphatic heterocycles. The first-order valence-corrected chi connectivity index (χ1v) is 13.3. The summed E-state index contributed by atoms with van der Waals surface area (Å²) in [5, 5.41) is 13.4. The molecule has 1 saturated heterocycles. The Labute approximate surface area is 223 Å². The van der Waals surface area contributed by atoms with Crippen LogP contribution in [0.15, 0.2) is 72.8 Å². The van der Waals surface area contributed by atoms with Crippen molar-refractivity contribution in [3.8, 4) is 0 Å². The van der Waals surface area contributed by atoms with Crippen LogP contribution in [-0.4, -0.2) is 40.9 Å². The fraction of sp³-hybridized carbons (Fsp3) is 0.207. The van der Waals surface area contributed by atoms with Crippen LogP contribution in [0.5, 0.6) is 0 Å². The molecule has 1 fully saturated rings. The Morgan fingerprint density at radius 1 is 0.973 bits per heavy atom. The van der Waals surface area contributed by atoms with Gasteiger partial charge in [0.05, 0.1) is 16.3 Å². The molecule has 6 nitrogen and oxygen atoms in total. The number of hydrogen-bond acceptors (Lipinski definition) is 4. The molecule has 1 aromatic heterocycles. The van der Waals surface area contributed by atoms with E-state index in [0.29, 0.717) is 29.6 Å². The lowest BCUT2D eigenvalue weighted by molar-refractivity contribution is 0.0680. The molecule has 2 amide bonds. The van der Waals surface area contributed by atoms with Crippen LogP contribution in [0.3, 0.4) is 0 Å². The molecule has 0 bridgehead atoms. The molecule has 0 aliphatic carbocycles. The lowest BCUT2D eigenvalue weighted by Gasteiger charge is -2.32. The molecule has 188 valence electrons. The zero-order valence-electron chi connectivity index (χ0n) is 19.9. The highest BCUT2D eigenvalue weighted by Crippen LogP contribution is 2.36. The van der Waals surface area contributed by atoms with Gasteiger partial charge in [0.1, 0.15) is 4.88 Å². The lowest BCUT2D eigenvalue weighted by Crippen LogP contribution is -2.39. The molecule has 3 aromatic carbocycles. The van der Waals surface area contributed by atoms with Gasteiger partial charge in [0.15, 0.2) is 0 Å². The molecule has 8 heteroatoms. The number of nitrogens with one attached hydrogen (secondary N) is 1. The van der Waals surface area contributed by atoms with E-state index in [4.69, 9.17) is 11.6 Å². The van der Waals surface area contributed by atoms with Crippen LogP contribution in [0.25, 0.3) is 10.1 Å². The molecule has 37 heavy (non-hydrogen) atoms. The van der Waals surface area contributed by atoms with E-state index in [2.05, 4.69) is 17.4 Å². The Hall–Kier alpha value is -3.68. The topological polar surface area (TPSA) is 86.7 Å². The van der Waals surface area contributed by atoms with Gasteiger partial charge in [-0.2, -0.15) is 0 Å². The summed E-state index contributed by atoms with van der Waals surface area (Å²) in [6, 6.07) is 22.1. The Bertz CT molecular complexity index is 1480. The van der Waals surface area contributed by atoms with E-state index in [1.165, 1.54) is 35.1 Å². The summed E-state index contributed by atoms with van der Waals surface area (Å²) >= 11 is 7.67. The second-order valence-corrected chi connectivity index (χ2v) is 10.6. The Balaban J connectivity index is 1.31. The minimum absolute atomic E-state index is 0.0656. The number of fused-ring (bicyclic) bond motifs is 1. The van der Waals surface area contributed by atoms with Crippen LogP contribution in [0.4, 0.5) is 5.69 Å². The number of carboxylic acid groups (broad SMARTS) is 1. The number of carboxylic acids is 1. The largest absolute Gasteiger partial charge is 0.478 e. The fourth-order valence-electron chi connectivity index (χ4n) is 4.78. The van der Waals surface area contributed by atoms with Gasteiger partial charge in [-0.05, 0) is 55.0 Å². The summed E-state index contributed by atoms with van der Waals surface area (Å²) in [4.78, 5) is 40.3. The monoisotopic (exact) mass is 532 g/mol. The number of thiophene rings is 1. The number of anilines is 1. The number of carbonyl (C=O) groups is 3. The van der Waals surface area contributed by atoms with E-state index in [9.17, 15) is 19.5 Å². The van der Waals surface area contributed by atoms with Gasteiger partial charge in [0.25, 0.3) is 11.8 Å². The normalized spacial score (nSPS) is 14.0. The average Bonchev–Trinajstić information content (AvgIpc) is 3.26. The van der Waals surface area contributed by atoms with E-state index in [0.717, 1.165) is 29.3 Å². The van der Waals surface area contributed by atoms with Crippen molar-refractivity contribution in [1.82, 2.24) is 4.90 Å². The van der Waals surface area contributed by atoms with Gasteiger partial charge in [0.2, 0.25) is 0 Å². The standard InChI is InChI=1S/C29H25ClN2O4S/c30-25-22-8-4-5-9-24(22)37-26(25)27(33)31-23-17-20(10-11-21(23)29(35)36)28(34)32-14-12-19(13-15-32)16-18-6-2-1-3-7-18/h1-11,17,19H,12-16H2,(H,31,33)(H,35,36). The van der Waals surface area contributed by atoms with Crippen molar-refractivity contribution in [2.24, 2.45) is 5.92 Å². The summed E-state index contributed by atoms with van der Waals surface area (Å²) < 4.78 is 0.857. The number of piperidine rings is 1. The van der Waals surface area contributed by atoms with Crippen molar-refractivity contribution in [3.05, 3.63) is 99.4 Å². The summed E-state index contributed by atoms with van der Waals surface area (Å²) in [5.41, 5.74) is 1.61. The molecule has 0 saturated carbocycles. The number of likely N-dealkylation sites (tertiary alicyclic amines) is 1. The number of amides is 2. The predicted molar refractivity (Wildman–Crippen MR) is 147 cm³/mol. The van der Waals surface area contributed by atoms with Crippen molar-refractivity contribution >= 4 is 56.5 Å². The van der Waals surface area contributed by atoms with Gasteiger partial charge in [-0.1, -0.05) is 60.1 Å². The summed E-state index contributed by atoms with van der Waals surface area (Å²) in [5.74, 6) is -1.37. The highest BCUT2D eigenvalue weighted by Gasteiger charge is 2.26. The van der Waals surface area contributed by atoms with Crippen molar-refractivity contribution in [1.29, 1.82) is 0 Å². The second-order valence-electron chi connectivity index (χ2n) is 9.19. The molecule has 0 unspecified atom stereocenters. The SMILES string of the molecule is O=C(O)c1ccc(C(=O)N2CCC(Cc3ccccc3)CC2)cc1NC(=O)c1sc2ccccc2c1Cl. The van der Waals surface area contributed by atoms with Crippen molar-refractivity contribution in [3.63, 3.8) is 0 Å². The Kier molecular flexibility index (Phi) is 7.26. The predicted octanol–water partition coefficient (Wildman–Crippen LogP) is 6.60. The van der Waals surface area contributed by atoms with E-state index in [1.54, 1.807) is 4.90 Å². The minimum atomic E-state index is -1.20. The molecular weight excluding hydrogens is 508 g/mol. The van der Waals surface area contributed by atoms with E-state index < -0.39 is 11.9 Å². The summed E-state index contributed by atoms with van der Waals surface area (Å²) in [7, 11) is 0. The fourth-order valence-corrected chi connectivity index (χ4v) is 6.19. The number of hydrogen-bond donors (Lipinski definition) is 2. The van der Waals surface area contributed by atoms with Crippen LogP contribution in [0, 0.1) is 5.92 Å². The first kappa shape index (κ1) is 25.0. The second kappa shape index (κ2) is 10.7. The average molecular weight is 533 g/mol. The van der Waals surface area contributed by atoms with Gasteiger partial charge in [-0.3, -0.25) is 9.59 Å². The van der Waals surface area contributed by atoms with Crippen molar-refractivity contribution in [2.75, 3.05) is 18.4 Å². The molecule has 0 radical (unpaired) electrons. The first-order valence-electron chi connectivity index (χ1n) is 12.1. The van der Waals surface area contributed by atoms with Gasteiger partial charge >= 0.3 is 5.97 Å². The minimum Gasteiger partial charge on any atom is -0.478 e. The molecule has 5 rings (SSSR count). The number of carbonyl (C=O) groups excluding carboxylic acids is 2. The summed E-state index contributed by atoms with van der Waals surface area (Å²) in [6.07, 6.45) is 2.80. The smallest absolute Gasteiger partial charge is 0.337 e. The molecule has 0 spiro atoms. The molecule has 0 atom stereocenters. The van der Waals surface area contributed by atoms with Gasteiger partial charge < -0.3 is 15.3 Å². The van der Waals surface area contributed by atoms with E-state index in [-0.39, 0.29) is 22.0 Å². The molecule has 2 heterocycles. The van der Waals surface area contributed by atoms with Gasteiger partial charge in [-0.25, -0.2) is 4.79 Å². The van der Waals surface area contributed by atoms with Crippen molar-refractivity contribution in [2.45, 2.75) is 19.3 Å². The third-order valence-electron chi connectivity index (χ3n) is 6.76. The van der Waals surface area contributed by atoms with Crippen LogP contribution in [-0.2, 0) is 6.42 Å². The summed E-state index contributed by atoms with van der Waals surface area (Å²) in [6.45, 7) is 1.27. The highest BCUT2D eigenvalue weighted by molar-refractivity contribution is 7.21. The third-order valence-corrected chi connectivity index (χ3v) is 8.43. The third kappa shape index (κ3) is 5.38. The van der Waals surface area contributed by atoms with Crippen LogP contribution in [0.1, 0.15) is 48.8 Å². The highest BCUT2D eigenvalue weighted by atomic mass is 35.5. The maximum atomic E-state index is 13.3. The zero-order valence-corrected chi connectivity index (χ0v) is 21.5. The maximum absolute atomic E-state index is 13.3. The number of halogens is 1. The maximum Gasteiger partial charge on any atom is 0.337 e. The number of benzene rings is 3. The number of aromatic carboxylic acids is 1.